The van der Waals surface area contributed by atoms with E-state index in [4.69, 9.17) is 9.57 Å². The molecule has 3 rings (SSSR count). The van der Waals surface area contributed by atoms with Crippen molar-refractivity contribution in [3.8, 4) is 5.75 Å². The van der Waals surface area contributed by atoms with Crippen molar-refractivity contribution in [2.75, 3.05) is 27.8 Å². The molecule has 0 spiro atoms. The van der Waals surface area contributed by atoms with Crippen molar-refractivity contribution in [3.63, 3.8) is 0 Å². The van der Waals surface area contributed by atoms with Gasteiger partial charge in [0, 0.05) is 26.1 Å². The highest BCUT2D eigenvalue weighted by molar-refractivity contribution is 5.99. The predicted octanol–water partition coefficient (Wildman–Crippen LogP) is 2.62. The van der Waals surface area contributed by atoms with Gasteiger partial charge in [-0.25, -0.2) is 9.45 Å². The van der Waals surface area contributed by atoms with E-state index >= 15 is 0 Å². The van der Waals surface area contributed by atoms with Crippen LogP contribution < -0.4 is 4.74 Å². The zero-order chi connectivity index (χ0) is 18.8. The van der Waals surface area contributed by atoms with Crippen LogP contribution in [0.1, 0.15) is 41.6 Å². The molecule has 1 heterocycles. The van der Waals surface area contributed by atoms with Crippen LogP contribution in [0.2, 0.25) is 0 Å². The van der Waals surface area contributed by atoms with Crippen LogP contribution in [0, 0.1) is 17.7 Å². The molecule has 1 saturated carbocycles. The van der Waals surface area contributed by atoms with E-state index in [2.05, 4.69) is 0 Å². The fourth-order valence-corrected chi connectivity index (χ4v) is 3.95. The summed E-state index contributed by atoms with van der Waals surface area (Å²) in [6, 6.07) is 3.32. The number of fused-ring (bicyclic) bond motifs is 1. The molecule has 0 unspecified atom stereocenters. The van der Waals surface area contributed by atoms with Gasteiger partial charge in [0.1, 0.15) is 0 Å². The molecule has 26 heavy (non-hydrogen) atoms. The van der Waals surface area contributed by atoms with Crippen LogP contribution in [-0.2, 0) is 16.2 Å². The zero-order valence-corrected chi connectivity index (χ0v) is 15.5. The van der Waals surface area contributed by atoms with Crippen LogP contribution >= 0.6 is 0 Å². The SMILES string of the molecule is COc1ccc2c(c1F)C(=O)N(C[C@H]1CC[C@H](C(=O)N(C)OC)CC1)C2. The number of methoxy groups -OCH3 is 1. The van der Waals surface area contributed by atoms with Gasteiger partial charge in [0.25, 0.3) is 5.91 Å². The van der Waals surface area contributed by atoms with E-state index in [1.165, 1.54) is 19.3 Å². The molecular weight excluding hydrogens is 339 g/mol. The molecule has 1 aromatic carbocycles. The summed E-state index contributed by atoms with van der Waals surface area (Å²) in [5, 5.41) is 1.28. The van der Waals surface area contributed by atoms with Gasteiger partial charge in [0.15, 0.2) is 11.6 Å². The maximum Gasteiger partial charge on any atom is 0.257 e. The van der Waals surface area contributed by atoms with Gasteiger partial charge in [0.05, 0.1) is 19.8 Å². The second-order valence-corrected chi connectivity index (χ2v) is 7.04. The van der Waals surface area contributed by atoms with E-state index in [9.17, 15) is 14.0 Å². The number of amides is 2. The van der Waals surface area contributed by atoms with E-state index in [1.807, 2.05) is 0 Å². The van der Waals surface area contributed by atoms with E-state index in [0.29, 0.717) is 24.6 Å². The van der Waals surface area contributed by atoms with Gasteiger partial charge in [-0.2, -0.15) is 0 Å². The average molecular weight is 364 g/mol. The summed E-state index contributed by atoms with van der Waals surface area (Å²) in [4.78, 5) is 31.4. The molecule has 2 aliphatic rings. The Labute approximate surface area is 152 Å². The lowest BCUT2D eigenvalue weighted by atomic mass is 9.81. The quantitative estimate of drug-likeness (QED) is 0.754. The zero-order valence-electron chi connectivity index (χ0n) is 15.5. The molecule has 0 radical (unpaired) electrons. The first-order valence-corrected chi connectivity index (χ1v) is 8.92. The molecule has 1 aliphatic carbocycles. The van der Waals surface area contributed by atoms with Crippen LogP contribution in [0.5, 0.6) is 5.75 Å². The van der Waals surface area contributed by atoms with Gasteiger partial charge < -0.3 is 9.64 Å². The van der Waals surface area contributed by atoms with E-state index in [-0.39, 0.29) is 29.0 Å². The Kier molecular flexibility index (Phi) is 5.46. The molecule has 142 valence electrons. The number of ether oxygens (including phenoxy) is 1. The first-order chi connectivity index (χ1) is 12.5. The average Bonchev–Trinajstić information content (AvgIpc) is 2.97. The van der Waals surface area contributed by atoms with Crippen molar-refractivity contribution in [2.45, 2.75) is 32.2 Å². The molecule has 7 heteroatoms. The minimum atomic E-state index is -0.575. The van der Waals surface area contributed by atoms with Crippen LogP contribution in [0.15, 0.2) is 12.1 Å². The molecule has 0 bridgehead atoms. The van der Waals surface area contributed by atoms with Crippen molar-refractivity contribution in [1.82, 2.24) is 9.96 Å². The molecule has 1 fully saturated rings. The molecule has 1 aliphatic heterocycles. The highest BCUT2D eigenvalue weighted by Crippen LogP contribution is 2.34. The van der Waals surface area contributed by atoms with Gasteiger partial charge in [0.2, 0.25) is 5.91 Å². The molecular formula is C19H25FN2O4. The Morgan fingerprint density at radius 3 is 2.58 bits per heavy atom. The Balaban J connectivity index is 1.59. The molecule has 0 saturated heterocycles. The molecule has 2 amide bonds. The van der Waals surface area contributed by atoms with Crippen LogP contribution in [0.4, 0.5) is 4.39 Å². The van der Waals surface area contributed by atoms with Crippen LogP contribution in [-0.4, -0.2) is 49.6 Å². The summed E-state index contributed by atoms with van der Waals surface area (Å²) in [5.41, 5.74) is 0.841. The second kappa shape index (κ2) is 7.61. The Hall–Kier alpha value is -2.15. The van der Waals surface area contributed by atoms with Gasteiger partial charge in [-0.15, -0.1) is 0 Å². The number of carbonyl (C=O) groups is 2. The largest absolute Gasteiger partial charge is 0.494 e. The Morgan fingerprint density at radius 2 is 1.96 bits per heavy atom. The number of nitrogens with zero attached hydrogens (tertiary/aromatic N) is 2. The van der Waals surface area contributed by atoms with E-state index < -0.39 is 5.82 Å². The number of hydrogen-bond acceptors (Lipinski definition) is 4. The summed E-state index contributed by atoms with van der Waals surface area (Å²) in [6.45, 7) is 1.02. The lowest BCUT2D eigenvalue weighted by molar-refractivity contribution is -0.174. The standard InChI is InChI=1S/C19H25FN2O4/c1-21(26-3)18(23)13-6-4-12(5-7-13)10-22-11-14-8-9-15(25-2)17(20)16(14)19(22)24/h8-9,12-13H,4-7,10-11H2,1-3H3/t12-,13-. The second-order valence-electron chi connectivity index (χ2n) is 7.04. The summed E-state index contributed by atoms with van der Waals surface area (Å²) >= 11 is 0. The number of hydroxylamine groups is 2. The third-order valence-electron chi connectivity index (χ3n) is 5.53. The maximum absolute atomic E-state index is 14.4. The predicted molar refractivity (Wildman–Crippen MR) is 92.9 cm³/mol. The molecule has 0 atom stereocenters. The summed E-state index contributed by atoms with van der Waals surface area (Å²) in [7, 11) is 4.49. The van der Waals surface area contributed by atoms with Crippen molar-refractivity contribution >= 4 is 11.8 Å². The van der Waals surface area contributed by atoms with Crippen molar-refractivity contribution < 1.29 is 23.6 Å². The fourth-order valence-electron chi connectivity index (χ4n) is 3.95. The summed E-state index contributed by atoms with van der Waals surface area (Å²) in [5.74, 6) is -0.437. The lowest BCUT2D eigenvalue weighted by Crippen LogP contribution is -2.37. The smallest absolute Gasteiger partial charge is 0.257 e. The normalized spacial score (nSPS) is 22.3. The van der Waals surface area contributed by atoms with Crippen LogP contribution in [0.3, 0.4) is 0 Å². The number of rotatable bonds is 5. The highest BCUT2D eigenvalue weighted by Gasteiger charge is 2.35. The maximum atomic E-state index is 14.4. The van der Waals surface area contributed by atoms with Gasteiger partial charge in [-0.05, 0) is 43.2 Å². The van der Waals surface area contributed by atoms with Crippen molar-refractivity contribution in [2.24, 2.45) is 11.8 Å². The number of benzene rings is 1. The Bertz CT molecular complexity index is 701. The minimum Gasteiger partial charge on any atom is -0.494 e. The summed E-state index contributed by atoms with van der Waals surface area (Å²) < 4.78 is 19.4. The third kappa shape index (κ3) is 3.40. The van der Waals surface area contributed by atoms with Gasteiger partial charge in [-0.3, -0.25) is 14.4 Å². The van der Waals surface area contributed by atoms with Crippen LogP contribution in [0.25, 0.3) is 0 Å². The monoisotopic (exact) mass is 364 g/mol. The topological polar surface area (TPSA) is 59.1 Å². The van der Waals surface area contributed by atoms with Gasteiger partial charge >= 0.3 is 0 Å². The summed E-state index contributed by atoms with van der Waals surface area (Å²) in [6.07, 6.45) is 3.32. The number of hydrogen-bond donors (Lipinski definition) is 0. The number of halogens is 1. The van der Waals surface area contributed by atoms with E-state index in [1.54, 1.807) is 24.1 Å². The number of carbonyl (C=O) groups excluding carboxylic acids is 2. The minimum absolute atomic E-state index is 0.00442. The fraction of sp³-hybridized carbons (Fsp3) is 0.579. The highest BCUT2D eigenvalue weighted by atomic mass is 19.1. The van der Waals surface area contributed by atoms with Crippen molar-refractivity contribution in [3.05, 3.63) is 29.1 Å². The van der Waals surface area contributed by atoms with Crippen molar-refractivity contribution in [1.29, 1.82) is 0 Å². The molecule has 6 nitrogen and oxygen atoms in total. The third-order valence-corrected chi connectivity index (χ3v) is 5.53. The molecule has 0 aromatic heterocycles. The first kappa shape index (κ1) is 18.6. The van der Waals surface area contributed by atoms with E-state index in [0.717, 1.165) is 25.7 Å². The molecule has 1 aromatic rings. The molecule has 0 N–H and O–H groups in total. The first-order valence-electron chi connectivity index (χ1n) is 8.92. The van der Waals surface area contributed by atoms with Gasteiger partial charge in [-0.1, -0.05) is 6.07 Å². The lowest BCUT2D eigenvalue weighted by Gasteiger charge is -2.31. The Morgan fingerprint density at radius 1 is 1.27 bits per heavy atom.